The molecule has 2 aromatic rings. The molecular formula is C16H19ClF2N4O. The van der Waals surface area contributed by atoms with E-state index >= 15 is 0 Å². The lowest BCUT2D eigenvalue weighted by Gasteiger charge is -2.32. The van der Waals surface area contributed by atoms with Gasteiger partial charge in [-0.15, -0.1) is 12.4 Å². The molecule has 5 nitrogen and oxygen atoms in total. The number of nitrogens with one attached hydrogen (secondary N) is 1. The maximum atomic E-state index is 13.8. The molecule has 2 heterocycles. The Morgan fingerprint density at radius 3 is 2.67 bits per heavy atom. The summed E-state index contributed by atoms with van der Waals surface area (Å²) in [4.78, 5) is 14.2. The number of hydrogen-bond acceptors (Lipinski definition) is 3. The van der Waals surface area contributed by atoms with Gasteiger partial charge in [0.1, 0.15) is 5.69 Å². The Morgan fingerprint density at radius 1 is 1.29 bits per heavy atom. The number of hydrogen-bond donors (Lipinski definition) is 1. The molecule has 1 unspecified atom stereocenters. The molecule has 0 saturated carbocycles. The van der Waals surface area contributed by atoms with Crippen molar-refractivity contribution < 1.29 is 13.6 Å². The van der Waals surface area contributed by atoms with E-state index in [1.807, 2.05) is 7.05 Å². The van der Waals surface area contributed by atoms with Gasteiger partial charge in [-0.1, -0.05) is 6.07 Å². The van der Waals surface area contributed by atoms with Crippen LogP contribution in [0, 0.1) is 11.6 Å². The third kappa shape index (κ3) is 3.57. The number of likely N-dealkylation sites (tertiary alicyclic amines) is 1. The first-order valence-corrected chi connectivity index (χ1v) is 7.56. The lowest BCUT2D eigenvalue weighted by molar-refractivity contribution is 0.0691. The molecule has 1 aromatic carbocycles. The van der Waals surface area contributed by atoms with Crippen LogP contribution in [0.2, 0.25) is 0 Å². The summed E-state index contributed by atoms with van der Waals surface area (Å²) in [5.74, 6) is -1.67. The molecule has 1 atom stereocenters. The van der Waals surface area contributed by atoms with Crippen molar-refractivity contribution in [3.05, 3.63) is 47.8 Å². The molecular weight excluding hydrogens is 338 g/mol. The fourth-order valence-electron chi connectivity index (χ4n) is 2.83. The Kier molecular flexibility index (Phi) is 5.90. The van der Waals surface area contributed by atoms with Crippen molar-refractivity contribution in [3.63, 3.8) is 0 Å². The Morgan fingerprint density at radius 2 is 2.00 bits per heavy atom. The van der Waals surface area contributed by atoms with Crippen molar-refractivity contribution >= 4 is 18.3 Å². The van der Waals surface area contributed by atoms with Gasteiger partial charge < -0.3 is 10.2 Å². The van der Waals surface area contributed by atoms with Crippen LogP contribution in [0.15, 0.2) is 30.5 Å². The maximum absolute atomic E-state index is 13.8. The molecule has 1 aliphatic heterocycles. The zero-order valence-electron chi connectivity index (χ0n) is 13.2. The highest BCUT2D eigenvalue weighted by Gasteiger charge is 2.25. The average Bonchev–Trinajstić information content (AvgIpc) is 3.03. The highest BCUT2D eigenvalue weighted by atomic mass is 35.5. The van der Waals surface area contributed by atoms with Gasteiger partial charge in [0.25, 0.3) is 5.91 Å². The number of benzene rings is 1. The summed E-state index contributed by atoms with van der Waals surface area (Å²) in [6, 6.07) is 5.35. The Bertz CT molecular complexity index is 702. The van der Waals surface area contributed by atoms with E-state index in [0.717, 1.165) is 29.7 Å². The highest BCUT2D eigenvalue weighted by Crippen LogP contribution is 2.18. The summed E-state index contributed by atoms with van der Waals surface area (Å²) in [5, 5.41) is 7.22. The second-order valence-corrected chi connectivity index (χ2v) is 5.59. The number of rotatable bonds is 3. The third-order valence-corrected chi connectivity index (χ3v) is 4.09. The molecule has 130 valence electrons. The first-order chi connectivity index (χ1) is 11.1. The lowest BCUT2D eigenvalue weighted by Crippen LogP contribution is -2.47. The van der Waals surface area contributed by atoms with Crippen molar-refractivity contribution in [1.29, 1.82) is 0 Å². The number of para-hydroxylation sites is 1. The smallest absolute Gasteiger partial charge is 0.274 e. The number of halogens is 3. The minimum atomic E-state index is -0.722. The highest BCUT2D eigenvalue weighted by molar-refractivity contribution is 5.92. The van der Waals surface area contributed by atoms with Crippen LogP contribution in [-0.2, 0) is 0 Å². The van der Waals surface area contributed by atoms with Gasteiger partial charge in [-0.3, -0.25) is 4.79 Å². The summed E-state index contributed by atoms with van der Waals surface area (Å²) in [6.45, 7) is 1.27. The molecule has 3 rings (SSSR count). The number of aromatic nitrogens is 2. The quantitative estimate of drug-likeness (QED) is 0.918. The van der Waals surface area contributed by atoms with E-state index in [9.17, 15) is 13.6 Å². The van der Waals surface area contributed by atoms with Gasteiger partial charge in [-0.25, -0.2) is 13.5 Å². The summed E-state index contributed by atoms with van der Waals surface area (Å²) >= 11 is 0. The second-order valence-electron chi connectivity index (χ2n) is 5.59. The topological polar surface area (TPSA) is 50.2 Å². The number of nitrogens with zero attached hydrogens (tertiary/aromatic N) is 3. The average molecular weight is 357 g/mol. The number of likely N-dealkylation sites (N-methyl/N-ethyl adjacent to an activating group) is 1. The zero-order valence-corrected chi connectivity index (χ0v) is 14.0. The number of piperidine rings is 1. The molecule has 0 spiro atoms. The van der Waals surface area contributed by atoms with Crippen molar-refractivity contribution in [2.24, 2.45) is 0 Å². The minimum absolute atomic E-state index is 0. The zero-order chi connectivity index (χ0) is 16.4. The number of carbonyl (C=O) groups excluding carboxylic acids is 1. The molecule has 24 heavy (non-hydrogen) atoms. The van der Waals surface area contributed by atoms with Crippen LogP contribution in [0.5, 0.6) is 0 Å². The van der Waals surface area contributed by atoms with Crippen molar-refractivity contribution in [2.75, 3.05) is 20.1 Å². The first-order valence-electron chi connectivity index (χ1n) is 7.56. The normalized spacial score (nSPS) is 17.5. The molecule has 1 N–H and O–H groups in total. The van der Waals surface area contributed by atoms with Crippen molar-refractivity contribution in [1.82, 2.24) is 20.0 Å². The van der Waals surface area contributed by atoms with E-state index in [1.54, 1.807) is 4.90 Å². The van der Waals surface area contributed by atoms with Crippen LogP contribution in [0.1, 0.15) is 23.3 Å². The fraction of sp³-hybridized carbons (Fsp3) is 0.375. The van der Waals surface area contributed by atoms with Crippen LogP contribution in [0.25, 0.3) is 5.69 Å². The van der Waals surface area contributed by atoms with Crippen LogP contribution < -0.4 is 5.32 Å². The maximum Gasteiger partial charge on any atom is 0.274 e. The van der Waals surface area contributed by atoms with Crippen molar-refractivity contribution in [3.8, 4) is 5.69 Å². The Labute approximate surface area is 145 Å². The van der Waals surface area contributed by atoms with Crippen LogP contribution in [-0.4, -0.2) is 46.8 Å². The van der Waals surface area contributed by atoms with Gasteiger partial charge in [0.05, 0.1) is 0 Å². The van der Waals surface area contributed by atoms with E-state index in [0.29, 0.717) is 13.1 Å². The number of amides is 1. The van der Waals surface area contributed by atoms with Gasteiger partial charge in [-0.05, 0) is 38.1 Å². The summed E-state index contributed by atoms with van der Waals surface area (Å²) in [5.41, 5.74) is -0.0947. The fourth-order valence-corrected chi connectivity index (χ4v) is 2.83. The Hall–Kier alpha value is -1.99. The first kappa shape index (κ1) is 18.4. The van der Waals surface area contributed by atoms with Crippen molar-refractivity contribution in [2.45, 2.75) is 18.9 Å². The van der Waals surface area contributed by atoms with E-state index < -0.39 is 11.6 Å². The molecule has 0 bridgehead atoms. The Balaban J connectivity index is 0.00000208. The largest absolute Gasteiger partial charge is 0.336 e. The van der Waals surface area contributed by atoms with E-state index in [4.69, 9.17) is 0 Å². The predicted molar refractivity (Wildman–Crippen MR) is 88.7 cm³/mol. The lowest BCUT2D eigenvalue weighted by atomic mass is 10.1. The molecule has 0 radical (unpaired) electrons. The van der Waals surface area contributed by atoms with Crippen LogP contribution in [0.4, 0.5) is 8.78 Å². The van der Waals surface area contributed by atoms with Gasteiger partial charge in [-0.2, -0.15) is 5.10 Å². The molecule has 1 fully saturated rings. The molecule has 1 aliphatic rings. The SMILES string of the molecule is CNC1CCCN(C(=O)c2ccn(-c3c(F)cccc3F)n2)C1.Cl. The van der Waals surface area contributed by atoms with E-state index in [1.165, 1.54) is 18.3 Å². The monoisotopic (exact) mass is 356 g/mol. The predicted octanol–water partition coefficient (Wildman–Crippen LogP) is 2.40. The van der Waals surface area contributed by atoms with E-state index in [-0.39, 0.29) is 35.7 Å². The van der Waals surface area contributed by atoms with Gasteiger partial charge in [0.2, 0.25) is 0 Å². The molecule has 8 heteroatoms. The summed E-state index contributed by atoms with van der Waals surface area (Å²) < 4.78 is 28.7. The van der Waals surface area contributed by atoms with Crippen LogP contribution >= 0.6 is 12.4 Å². The molecule has 0 aliphatic carbocycles. The second kappa shape index (κ2) is 7.72. The summed E-state index contributed by atoms with van der Waals surface area (Å²) in [6.07, 6.45) is 3.34. The molecule has 1 amide bonds. The van der Waals surface area contributed by atoms with Crippen LogP contribution in [0.3, 0.4) is 0 Å². The summed E-state index contributed by atoms with van der Waals surface area (Å²) in [7, 11) is 1.87. The molecule has 1 saturated heterocycles. The number of carbonyl (C=O) groups is 1. The van der Waals surface area contributed by atoms with Gasteiger partial charge in [0.15, 0.2) is 17.3 Å². The third-order valence-electron chi connectivity index (χ3n) is 4.09. The van der Waals surface area contributed by atoms with Gasteiger partial charge >= 0.3 is 0 Å². The minimum Gasteiger partial charge on any atom is -0.336 e. The van der Waals surface area contributed by atoms with Gasteiger partial charge in [0, 0.05) is 25.3 Å². The van der Waals surface area contributed by atoms with E-state index in [2.05, 4.69) is 10.4 Å². The standard InChI is InChI=1S/C16H18F2N4O.ClH/c1-19-11-4-3-8-21(10-11)16(23)14-7-9-22(20-14)15-12(17)5-2-6-13(15)18;/h2,5-7,9,11,19H,3-4,8,10H2,1H3;1H. The molecule has 1 aromatic heterocycles.